The van der Waals surface area contributed by atoms with Crippen LogP contribution in [0.15, 0.2) is 29.2 Å². The quantitative estimate of drug-likeness (QED) is 0.900. The molecule has 1 fully saturated rings. The fourth-order valence-electron chi connectivity index (χ4n) is 2.99. The summed E-state index contributed by atoms with van der Waals surface area (Å²) in [4.78, 5) is 0.387. The number of hydrogen-bond acceptors (Lipinski definition) is 4. The van der Waals surface area contributed by atoms with Crippen LogP contribution in [0.3, 0.4) is 0 Å². The lowest BCUT2D eigenvalue weighted by atomic mass is 9.93. The van der Waals surface area contributed by atoms with Crippen LogP contribution in [0.4, 0.5) is 0 Å². The molecule has 1 saturated carbocycles. The monoisotopic (exact) mass is 327 g/mol. The van der Waals surface area contributed by atoms with Gasteiger partial charge in [-0.3, -0.25) is 0 Å². The minimum Gasteiger partial charge on any atom is -0.306 e. The zero-order chi connectivity index (χ0) is 15.5. The van der Waals surface area contributed by atoms with Crippen molar-refractivity contribution in [2.45, 2.75) is 54.8 Å². The number of hydrogen-bond donors (Lipinski definition) is 1. The Morgan fingerprint density at radius 1 is 1.19 bits per heavy atom. The van der Waals surface area contributed by atoms with E-state index in [2.05, 4.69) is 18.5 Å². The summed E-state index contributed by atoms with van der Waals surface area (Å²) in [5, 5.41) is 4.42. The van der Waals surface area contributed by atoms with Crippen molar-refractivity contribution >= 4 is 21.6 Å². The summed E-state index contributed by atoms with van der Waals surface area (Å²) in [5.74, 6) is 0. The van der Waals surface area contributed by atoms with Crippen LogP contribution in [0, 0.1) is 0 Å². The molecule has 1 aromatic carbocycles. The Balaban J connectivity index is 2.04. The molecule has 5 heteroatoms. The number of benzene rings is 1. The van der Waals surface area contributed by atoms with Crippen molar-refractivity contribution in [3.63, 3.8) is 0 Å². The minimum absolute atomic E-state index is 0.247. The predicted molar refractivity (Wildman–Crippen MR) is 90.7 cm³/mol. The summed E-state index contributed by atoms with van der Waals surface area (Å²) in [5.41, 5.74) is 1.15. The summed E-state index contributed by atoms with van der Waals surface area (Å²) < 4.78 is 23.0. The van der Waals surface area contributed by atoms with Crippen LogP contribution in [0.1, 0.15) is 44.2 Å². The Labute approximate surface area is 132 Å². The minimum atomic E-state index is -3.11. The summed E-state index contributed by atoms with van der Waals surface area (Å²) in [6, 6.07) is 8.05. The lowest BCUT2D eigenvalue weighted by molar-refractivity contribution is 0.356. The van der Waals surface area contributed by atoms with Crippen LogP contribution in [-0.4, -0.2) is 32.2 Å². The van der Waals surface area contributed by atoms with E-state index >= 15 is 0 Å². The highest BCUT2D eigenvalue weighted by Crippen LogP contribution is 2.29. The molecule has 0 spiro atoms. The molecule has 1 aliphatic carbocycles. The van der Waals surface area contributed by atoms with Gasteiger partial charge >= 0.3 is 0 Å². The Hall–Kier alpha value is -0.520. The van der Waals surface area contributed by atoms with Crippen LogP contribution < -0.4 is 5.32 Å². The highest BCUT2D eigenvalue weighted by molar-refractivity contribution is 7.99. The summed E-state index contributed by atoms with van der Waals surface area (Å²) in [6.45, 7) is 2.15. The Bertz CT molecular complexity index is 554. The Morgan fingerprint density at radius 3 is 2.38 bits per heavy atom. The van der Waals surface area contributed by atoms with E-state index in [9.17, 15) is 8.42 Å². The highest BCUT2D eigenvalue weighted by atomic mass is 32.2. The van der Waals surface area contributed by atoms with Gasteiger partial charge in [-0.25, -0.2) is 8.42 Å². The molecule has 3 atom stereocenters. The lowest BCUT2D eigenvalue weighted by Crippen LogP contribution is -2.41. The molecule has 1 aromatic rings. The SMILES string of the molecule is CSC1CCCCC1NC(C)c1ccc(S(C)(=O)=O)cc1. The molecule has 0 amide bonds. The molecule has 21 heavy (non-hydrogen) atoms. The van der Waals surface area contributed by atoms with Crippen LogP contribution in [0.25, 0.3) is 0 Å². The first kappa shape index (κ1) is 16.8. The molecule has 1 N–H and O–H groups in total. The standard InChI is InChI=1S/C16H25NO2S2/c1-12(17-15-6-4-5-7-16(15)20-2)13-8-10-14(11-9-13)21(3,18)19/h8-12,15-17H,4-7H2,1-3H3. The molecule has 2 rings (SSSR count). The Morgan fingerprint density at radius 2 is 1.81 bits per heavy atom. The van der Waals surface area contributed by atoms with Gasteiger partial charge < -0.3 is 5.32 Å². The average Bonchev–Trinajstić information content (AvgIpc) is 2.47. The molecule has 0 saturated heterocycles. The first-order valence-corrected chi connectivity index (χ1v) is 10.7. The third-order valence-corrected chi connectivity index (χ3v) is 6.58. The van der Waals surface area contributed by atoms with E-state index in [0.29, 0.717) is 16.2 Å². The van der Waals surface area contributed by atoms with Crippen molar-refractivity contribution in [1.82, 2.24) is 5.32 Å². The van der Waals surface area contributed by atoms with Crippen LogP contribution in [0.2, 0.25) is 0 Å². The maximum atomic E-state index is 11.5. The molecule has 0 heterocycles. The maximum absolute atomic E-state index is 11.5. The van der Waals surface area contributed by atoms with Gasteiger partial charge in [0.15, 0.2) is 9.84 Å². The molecule has 0 aromatic heterocycles. The largest absolute Gasteiger partial charge is 0.306 e. The van der Waals surface area contributed by atoms with Gasteiger partial charge in [0.25, 0.3) is 0 Å². The van der Waals surface area contributed by atoms with E-state index in [0.717, 1.165) is 5.56 Å². The fourth-order valence-corrected chi connectivity index (χ4v) is 4.57. The molecular formula is C16H25NO2S2. The maximum Gasteiger partial charge on any atom is 0.175 e. The molecule has 1 aliphatic rings. The molecular weight excluding hydrogens is 302 g/mol. The van der Waals surface area contributed by atoms with Gasteiger partial charge in [0.1, 0.15) is 0 Å². The first-order chi connectivity index (χ1) is 9.91. The lowest BCUT2D eigenvalue weighted by Gasteiger charge is -2.33. The van der Waals surface area contributed by atoms with E-state index in [-0.39, 0.29) is 6.04 Å². The van der Waals surface area contributed by atoms with Crippen LogP contribution in [-0.2, 0) is 9.84 Å². The molecule has 0 aliphatic heterocycles. The van der Waals surface area contributed by atoms with E-state index in [1.165, 1.54) is 31.9 Å². The van der Waals surface area contributed by atoms with Gasteiger partial charge in [0.2, 0.25) is 0 Å². The van der Waals surface area contributed by atoms with Crippen LogP contribution >= 0.6 is 11.8 Å². The second-order valence-electron chi connectivity index (χ2n) is 5.89. The molecule has 3 unspecified atom stereocenters. The summed E-state index contributed by atoms with van der Waals surface area (Å²) in [6.07, 6.45) is 8.59. The summed E-state index contributed by atoms with van der Waals surface area (Å²) >= 11 is 1.96. The predicted octanol–water partition coefficient (Wildman–Crippen LogP) is 3.41. The molecule has 3 nitrogen and oxygen atoms in total. The average molecular weight is 328 g/mol. The van der Waals surface area contributed by atoms with E-state index in [1.54, 1.807) is 12.1 Å². The molecule has 0 bridgehead atoms. The van der Waals surface area contributed by atoms with Gasteiger partial charge in [-0.1, -0.05) is 25.0 Å². The molecule has 0 radical (unpaired) electrons. The van der Waals surface area contributed by atoms with Gasteiger partial charge in [0, 0.05) is 23.6 Å². The van der Waals surface area contributed by atoms with Crippen molar-refractivity contribution in [2.75, 3.05) is 12.5 Å². The van der Waals surface area contributed by atoms with E-state index < -0.39 is 9.84 Å². The number of sulfone groups is 1. The topological polar surface area (TPSA) is 46.2 Å². The molecule has 118 valence electrons. The number of thioether (sulfide) groups is 1. The van der Waals surface area contributed by atoms with Crippen molar-refractivity contribution in [3.8, 4) is 0 Å². The smallest absolute Gasteiger partial charge is 0.175 e. The normalized spacial score (nSPS) is 24.7. The van der Waals surface area contributed by atoms with E-state index in [1.807, 2.05) is 23.9 Å². The van der Waals surface area contributed by atoms with Crippen LogP contribution in [0.5, 0.6) is 0 Å². The third-order valence-electron chi connectivity index (χ3n) is 4.28. The zero-order valence-electron chi connectivity index (χ0n) is 13.0. The second kappa shape index (κ2) is 7.16. The van der Waals surface area contributed by atoms with Crippen molar-refractivity contribution in [3.05, 3.63) is 29.8 Å². The van der Waals surface area contributed by atoms with Gasteiger partial charge in [-0.05, 0) is 43.7 Å². The van der Waals surface area contributed by atoms with Gasteiger partial charge in [0.05, 0.1) is 4.90 Å². The number of rotatable bonds is 5. The summed E-state index contributed by atoms with van der Waals surface area (Å²) in [7, 11) is -3.11. The zero-order valence-corrected chi connectivity index (χ0v) is 14.6. The van der Waals surface area contributed by atoms with Crippen molar-refractivity contribution in [1.29, 1.82) is 0 Å². The Kier molecular flexibility index (Phi) is 5.74. The third kappa shape index (κ3) is 4.47. The van der Waals surface area contributed by atoms with Gasteiger partial charge in [-0.15, -0.1) is 0 Å². The highest BCUT2D eigenvalue weighted by Gasteiger charge is 2.25. The second-order valence-corrected chi connectivity index (χ2v) is 8.99. The van der Waals surface area contributed by atoms with Gasteiger partial charge in [-0.2, -0.15) is 11.8 Å². The fraction of sp³-hybridized carbons (Fsp3) is 0.625. The first-order valence-electron chi connectivity index (χ1n) is 7.50. The number of nitrogens with one attached hydrogen (secondary N) is 1. The van der Waals surface area contributed by atoms with Crippen molar-refractivity contribution < 1.29 is 8.42 Å². The van der Waals surface area contributed by atoms with E-state index in [4.69, 9.17) is 0 Å². The van der Waals surface area contributed by atoms with Crippen molar-refractivity contribution in [2.24, 2.45) is 0 Å².